The number of anilines is 2. The Labute approximate surface area is 211 Å². The van der Waals surface area contributed by atoms with Crippen molar-refractivity contribution in [2.75, 3.05) is 24.3 Å². The van der Waals surface area contributed by atoms with Crippen molar-refractivity contribution in [3.8, 4) is 11.6 Å². The number of amides is 3. The Hall–Kier alpha value is -3.10. The van der Waals surface area contributed by atoms with Gasteiger partial charge in [-0.25, -0.2) is 9.78 Å². The molecule has 9 heteroatoms. The van der Waals surface area contributed by atoms with Crippen LogP contribution in [0.4, 0.5) is 16.2 Å². The minimum absolute atomic E-state index is 0.214. The van der Waals surface area contributed by atoms with Crippen LogP contribution < -0.4 is 20.3 Å². The number of carbonyl (C=O) groups is 2. The Morgan fingerprint density at radius 1 is 1.09 bits per heavy atom. The van der Waals surface area contributed by atoms with Gasteiger partial charge in [0.05, 0.1) is 26.9 Å². The lowest BCUT2D eigenvalue weighted by molar-refractivity contribution is 0.0967. The predicted octanol–water partition coefficient (Wildman–Crippen LogP) is 6.20. The van der Waals surface area contributed by atoms with E-state index in [0.717, 1.165) is 25.0 Å². The van der Waals surface area contributed by atoms with Gasteiger partial charge >= 0.3 is 6.03 Å². The van der Waals surface area contributed by atoms with Gasteiger partial charge in [-0.3, -0.25) is 10.1 Å². The van der Waals surface area contributed by atoms with Gasteiger partial charge in [0, 0.05) is 25.3 Å². The van der Waals surface area contributed by atoms with Crippen molar-refractivity contribution in [2.24, 2.45) is 0 Å². The second kappa shape index (κ2) is 10.4. The van der Waals surface area contributed by atoms with E-state index in [1.165, 1.54) is 29.4 Å². The van der Waals surface area contributed by atoms with E-state index < -0.39 is 11.9 Å². The summed E-state index contributed by atoms with van der Waals surface area (Å²) in [5, 5.41) is 5.12. The molecule has 2 aromatic carbocycles. The number of fused-ring (bicyclic) bond motifs is 1. The average molecular weight is 544 g/mol. The third-order valence-electron chi connectivity index (χ3n) is 5.57. The summed E-state index contributed by atoms with van der Waals surface area (Å²) >= 11 is 9.48. The van der Waals surface area contributed by atoms with E-state index in [9.17, 15) is 9.59 Å². The number of rotatable bonds is 5. The molecule has 1 aliphatic rings. The standard InChI is InChI=1S/C25H24BrClN4O3/c1-31(2)21-11-12-22(17-8-4-3-7-16(17)21)34-24-19(26)13-15(14-28-24)29-25(33)30-23(32)18-9-5-6-10-20(18)27/h5-6,9-14H,3-4,7-8H2,1-2H3,(H2,29,30,32,33). The Kier molecular flexibility index (Phi) is 7.38. The van der Waals surface area contributed by atoms with E-state index in [1.54, 1.807) is 30.3 Å². The molecule has 1 heterocycles. The van der Waals surface area contributed by atoms with Crippen LogP contribution in [-0.2, 0) is 12.8 Å². The first-order chi connectivity index (χ1) is 16.3. The lowest BCUT2D eigenvalue weighted by Gasteiger charge is -2.25. The molecule has 0 fully saturated rings. The number of pyridine rings is 1. The molecule has 0 atom stereocenters. The van der Waals surface area contributed by atoms with Gasteiger partial charge in [0.1, 0.15) is 5.75 Å². The van der Waals surface area contributed by atoms with Crippen LogP contribution in [0.25, 0.3) is 0 Å². The highest BCUT2D eigenvalue weighted by Gasteiger charge is 2.20. The molecule has 3 amide bonds. The number of nitrogens with zero attached hydrogens (tertiary/aromatic N) is 2. The molecule has 4 rings (SSSR count). The summed E-state index contributed by atoms with van der Waals surface area (Å²) < 4.78 is 6.74. The quantitative estimate of drug-likeness (QED) is 0.400. The molecule has 0 saturated heterocycles. The Morgan fingerprint density at radius 2 is 1.82 bits per heavy atom. The largest absolute Gasteiger partial charge is 0.438 e. The number of carbonyl (C=O) groups excluding carboxylic acids is 2. The first-order valence-electron chi connectivity index (χ1n) is 10.9. The van der Waals surface area contributed by atoms with Crippen LogP contribution in [0.3, 0.4) is 0 Å². The Balaban J connectivity index is 1.46. The third kappa shape index (κ3) is 5.34. The topological polar surface area (TPSA) is 83.6 Å². The fourth-order valence-corrected chi connectivity index (χ4v) is 4.63. The van der Waals surface area contributed by atoms with E-state index in [-0.39, 0.29) is 10.6 Å². The summed E-state index contributed by atoms with van der Waals surface area (Å²) in [5.41, 5.74) is 4.36. The minimum Gasteiger partial charge on any atom is -0.438 e. The van der Waals surface area contributed by atoms with E-state index in [0.29, 0.717) is 16.0 Å². The molecule has 7 nitrogen and oxygen atoms in total. The summed E-state index contributed by atoms with van der Waals surface area (Å²) in [5.74, 6) is 0.585. The van der Waals surface area contributed by atoms with Crippen LogP contribution in [0, 0.1) is 0 Å². The van der Waals surface area contributed by atoms with Crippen molar-refractivity contribution in [1.29, 1.82) is 0 Å². The van der Waals surface area contributed by atoms with Gasteiger partial charge < -0.3 is 15.0 Å². The van der Waals surface area contributed by atoms with Gasteiger partial charge in [-0.1, -0.05) is 23.7 Å². The number of hydrogen-bond donors (Lipinski definition) is 2. The SMILES string of the molecule is CN(C)c1ccc(Oc2ncc(NC(=O)NC(=O)c3ccccc3Cl)cc2Br)c2c1CCCC2. The first kappa shape index (κ1) is 24.0. The van der Waals surface area contributed by atoms with E-state index in [1.807, 2.05) is 20.2 Å². The molecular formula is C25H24BrClN4O3. The molecule has 34 heavy (non-hydrogen) atoms. The van der Waals surface area contributed by atoms with Gasteiger partial charge in [0.2, 0.25) is 5.88 Å². The molecule has 0 aliphatic heterocycles. The lowest BCUT2D eigenvalue weighted by Crippen LogP contribution is -2.34. The Morgan fingerprint density at radius 3 is 2.53 bits per heavy atom. The summed E-state index contributed by atoms with van der Waals surface area (Å²) in [4.78, 5) is 31.0. The molecule has 0 bridgehead atoms. The molecular weight excluding hydrogens is 520 g/mol. The summed E-state index contributed by atoms with van der Waals surface area (Å²) in [6, 6.07) is 11.5. The number of aromatic nitrogens is 1. The second-order valence-corrected chi connectivity index (χ2v) is 9.40. The predicted molar refractivity (Wildman–Crippen MR) is 137 cm³/mol. The van der Waals surface area contributed by atoms with Crippen molar-refractivity contribution in [1.82, 2.24) is 10.3 Å². The zero-order valence-electron chi connectivity index (χ0n) is 18.8. The first-order valence-corrected chi connectivity index (χ1v) is 12.0. The summed E-state index contributed by atoms with van der Waals surface area (Å²) in [6.45, 7) is 0. The van der Waals surface area contributed by atoms with E-state index in [2.05, 4.69) is 42.5 Å². The number of urea groups is 1. The molecule has 0 radical (unpaired) electrons. The molecule has 2 N–H and O–H groups in total. The van der Waals surface area contributed by atoms with E-state index in [4.69, 9.17) is 16.3 Å². The number of hydrogen-bond acceptors (Lipinski definition) is 5. The molecule has 1 aliphatic carbocycles. The van der Waals surface area contributed by atoms with Crippen LogP contribution in [0.2, 0.25) is 5.02 Å². The van der Waals surface area contributed by atoms with Gasteiger partial charge in [0.15, 0.2) is 0 Å². The van der Waals surface area contributed by atoms with Gasteiger partial charge in [0.25, 0.3) is 5.91 Å². The van der Waals surface area contributed by atoms with Gasteiger partial charge in [-0.05, 0) is 77.5 Å². The number of nitrogens with one attached hydrogen (secondary N) is 2. The molecule has 176 valence electrons. The van der Waals surface area contributed by atoms with Crippen molar-refractivity contribution < 1.29 is 14.3 Å². The highest BCUT2D eigenvalue weighted by Crippen LogP contribution is 2.39. The van der Waals surface area contributed by atoms with Crippen molar-refractivity contribution in [3.63, 3.8) is 0 Å². The third-order valence-corrected chi connectivity index (χ3v) is 6.46. The van der Waals surface area contributed by atoms with E-state index >= 15 is 0 Å². The number of imide groups is 1. The number of ether oxygens (including phenoxy) is 1. The fraction of sp³-hybridized carbons (Fsp3) is 0.240. The normalized spacial score (nSPS) is 12.5. The molecule has 0 saturated carbocycles. The maximum Gasteiger partial charge on any atom is 0.326 e. The average Bonchev–Trinajstić information content (AvgIpc) is 2.81. The zero-order chi connectivity index (χ0) is 24.2. The van der Waals surface area contributed by atoms with Crippen LogP contribution in [0.5, 0.6) is 11.6 Å². The monoisotopic (exact) mass is 542 g/mol. The van der Waals surface area contributed by atoms with Crippen LogP contribution >= 0.6 is 27.5 Å². The smallest absolute Gasteiger partial charge is 0.326 e. The Bertz CT molecular complexity index is 1250. The molecule has 0 spiro atoms. The fourth-order valence-electron chi connectivity index (χ4n) is 3.98. The molecule has 0 unspecified atom stereocenters. The minimum atomic E-state index is -0.694. The maximum absolute atomic E-state index is 12.3. The maximum atomic E-state index is 12.3. The van der Waals surface area contributed by atoms with Crippen LogP contribution in [0.15, 0.2) is 53.1 Å². The van der Waals surface area contributed by atoms with Gasteiger partial charge in [-0.15, -0.1) is 0 Å². The number of benzene rings is 2. The zero-order valence-corrected chi connectivity index (χ0v) is 21.2. The van der Waals surface area contributed by atoms with Crippen LogP contribution in [0.1, 0.15) is 34.3 Å². The summed E-state index contributed by atoms with van der Waals surface area (Å²) in [7, 11) is 4.10. The highest BCUT2D eigenvalue weighted by molar-refractivity contribution is 9.10. The molecule has 1 aromatic heterocycles. The summed E-state index contributed by atoms with van der Waals surface area (Å²) in [6.07, 6.45) is 5.75. The molecule has 3 aromatic rings. The van der Waals surface area contributed by atoms with Gasteiger partial charge in [-0.2, -0.15) is 0 Å². The van der Waals surface area contributed by atoms with Crippen molar-refractivity contribution in [2.45, 2.75) is 25.7 Å². The second-order valence-electron chi connectivity index (χ2n) is 8.14. The lowest BCUT2D eigenvalue weighted by atomic mass is 9.89. The van der Waals surface area contributed by atoms with Crippen LogP contribution in [-0.4, -0.2) is 31.0 Å². The highest BCUT2D eigenvalue weighted by atomic mass is 79.9. The number of halogens is 2. The van der Waals surface area contributed by atoms with Crippen molar-refractivity contribution >= 4 is 50.8 Å². The van der Waals surface area contributed by atoms with Crippen molar-refractivity contribution in [3.05, 3.63) is 74.8 Å².